The van der Waals surface area contributed by atoms with E-state index in [0.29, 0.717) is 5.02 Å². The molecule has 1 saturated heterocycles. The Morgan fingerprint density at radius 2 is 2.35 bits per heavy atom. The van der Waals surface area contributed by atoms with Gasteiger partial charge in [0.25, 0.3) is 0 Å². The molecule has 94 valence electrons. The van der Waals surface area contributed by atoms with E-state index in [1.165, 1.54) is 0 Å². The van der Waals surface area contributed by atoms with Gasteiger partial charge in [-0.1, -0.05) is 27.5 Å². The van der Waals surface area contributed by atoms with Gasteiger partial charge in [-0.3, -0.25) is 0 Å². The molecule has 1 aliphatic rings. The first-order chi connectivity index (χ1) is 8.10. The molecule has 6 heteroatoms. The molecule has 2 unspecified atom stereocenters. The number of alkyl halides is 1. The van der Waals surface area contributed by atoms with Crippen LogP contribution in [-0.2, 0) is 4.74 Å². The van der Waals surface area contributed by atoms with Crippen LogP contribution in [0.1, 0.15) is 6.92 Å². The molecule has 0 spiro atoms. The molecule has 2 atom stereocenters. The number of rotatable bonds is 2. The minimum Gasteiger partial charge on any atom is -0.371 e. The summed E-state index contributed by atoms with van der Waals surface area (Å²) in [5, 5.41) is 1.47. The molecule has 0 radical (unpaired) electrons. The van der Waals surface area contributed by atoms with Gasteiger partial charge in [-0.05, 0) is 28.9 Å². The summed E-state index contributed by atoms with van der Waals surface area (Å²) in [4.78, 5) is 6.60. The molecule has 0 aliphatic carbocycles. The van der Waals surface area contributed by atoms with Gasteiger partial charge in [0.2, 0.25) is 0 Å². The van der Waals surface area contributed by atoms with Crippen molar-refractivity contribution in [3.8, 4) is 0 Å². The van der Waals surface area contributed by atoms with Crippen molar-refractivity contribution in [2.45, 2.75) is 19.1 Å². The van der Waals surface area contributed by atoms with Crippen LogP contribution in [0.3, 0.4) is 0 Å². The summed E-state index contributed by atoms with van der Waals surface area (Å²) in [5.74, 6) is 0.926. The minimum atomic E-state index is 0.197. The lowest BCUT2D eigenvalue weighted by atomic mass is 10.2. The highest BCUT2D eigenvalue weighted by Crippen LogP contribution is 2.28. The van der Waals surface area contributed by atoms with Crippen molar-refractivity contribution in [3.63, 3.8) is 0 Å². The molecule has 2 rings (SSSR count). The van der Waals surface area contributed by atoms with Crippen LogP contribution in [0.25, 0.3) is 0 Å². The topological polar surface area (TPSA) is 25.4 Å². The van der Waals surface area contributed by atoms with Crippen LogP contribution in [0.5, 0.6) is 0 Å². The highest BCUT2D eigenvalue weighted by molar-refractivity contribution is 9.10. The summed E-state index contributed by atoms with van der Waals surface area (Å²) in [6, 6.07) is 1.87. The first-order valence-electron chi connectivity index (χ1n) is 5.37. The molecule has 2 heterocycles. The minimum absolute atomic E-state index is 0.197. The van der Waals surface area contributed by atoms with E-state index in [0.717, 1.165) is 28.7 Å². The highest BCUT2D eigenvalue weighted by atomic mass is 79.9. The van der Waals surface area contributed by atoms with E-state index in [1.807, 2.05) is 6.07 Å². The molecule has 17 heavy (non-hydrogen) atoms. The van der Waals surface area contributed by atoms with Crippen LogP contribution in [0.2, 0.25) is 5.02 Å². The van der Waals surface area contributed by atoms with Crippen molar-refractivity contribution in [1.29, 1.82) is 0 Å². The zero-order valence-electron chi connectivity index (χ0n) is 9.37. The van der Waals surface area contributed by atoms with E-state index in [2.05, 4.69) is 48.7 Å². The molecule has 1 aliphatic heterocycles. The summed E-state index contributed by atoms with van der Waals surface area (Å²) < 4.78 is 6.72. The maximum atomic E-state index is 5.90. The Morgan fingerprint density at radius 1 is 1.59 bits per heavy atom. The van der Waals surface area contributed by atoms with Gasteiger partial charge in [0.1, 0.15) is 5.82 Å². The fourth-order valence-corrected chi connectivity index (χ4v) is 3.19. The van der Waals surface area contributed by atoms with Gasteiger partial charge in [-0.25, -0.2) is 4.98 Å². The second-order valence-electron chi connectivity index (χ2n) is 4.09. The Morgan fingerprint density at radius 3 is 3.00 bits per heavy atom. The molecule has 1 aromatic rings. The molecular weight excluding hydrogens is 371 g/mol. The number of aromatic nitrogens is 1. The van der Waals surface area contributed by atoms with Gasteiger partial charge < -0.3 is 9.64 Å². The molecule has 3 nitrogen and oxygen atoms in total. The second-order valence-corrected chi connectivity index (χ2v) is 6.03. The highest BCUT2D eigenvalue weighted by Gasteiger charge is 2.26. The van der Waals surface area contributed by atoms with Crippen molar-refractivity contribution in [3.05, 3.63) is 21.8 Å². The Hall–Kier alpha value is 0.160. The fourth-order valence-electron chi connectivity index (χ4n) is 1.94. The molecule has 0 N–H and O–H groups in total. The summed E-state index contributed by atoms with van der Waals surface area (Å²) in [7, 11) is 0. The summed E-state index contributed by atoms with van der Waals surface area (Å²) in [6.45, 7) is 3.76. The lowest BCUT2D eigenvalue weighted by Gasteiger charge is -2.37. The van der Waals surface area contributed by atoms with Crippen molar-refractivity contribution >= 4 is 49.3 Å². The number of morpholine rings is 1. The van der Waals surface area contributed by atoms with Crippen molar-refractivity contribution in [1.82, 2.24) is 4.98 Å². The molecular formula is C11H13Br2ClN2O. The molecule has 0 aromatic carbocycles. The van der Waals surface area contributed by atoms with Crippen molar-refractivity contribution in [2.75, 3.05) is 23.3 Å². The van der Waals surface area contributed by atoms with E-state index in [-0.39, 0.29) is 12.2 Å². The number of halogens is 3. The quantitative estimate of drug-likeness (QED) is 0.730. The lowest BCUT2D eigenvalue weighted by molar-refractivity contribution is -0.00227. The van der Waals surface area contributed by atoms with Gasteiger partial charge in [0, 0.05) is 24.6 Å². The Kier molecular flexibility index (Phi) is 4.69. The normalized spacial score (nSPS) is 25.1. The Labute approximate surface area is 123 Å². The molecule has 1 fully saturated rings. The SMILES string of the molecule is CC1CN(c2ncc(Cl)cc2Br)CC(CBr)O1. The van der Waals surface area contributed by atoms with Crippen LogP contribution >= 0.6 is 43.5 Å². The maximum Gasteiger partial charge on any atom is 0.143 e. The molecule has 1 aromatic heterocycles. The number of pyridine rings is 1. The van der Waals surface area contributed by atoms with Crippen LogP contribution < -0.4 is 4.90 Å². The summed E-state index contributed by atoms with van der Waals surface area (Å²) in [6.07, 6.45) is 2.07. The Bertz CT molecular complexity index is 405. The van der Waals surface area contributed by atoms with Gasteiger partial charge in [-0.15, -0.1) is 0 Å². The zero-order chi connectivity index (χ0) is 12.4. The van der Waals surface area contributed by atoms with E-state index >= 15 is 0 Å². The van der Waals surface area contributed by atoms with E-state index in [1.54, 1.807) is 6.20 Å². The Balaban J connectivity index is 2.20. The number of ether oxygens (including phenoxy) is 1. The summed E-state index contributed by atoms with van der Waals surface area (Å²) >= 11 is 12.9. The zero-order valence-corrected chi connectivity index (χ0v) is 13.3. The number of anilines is 1. The largest absolute Gasteiger partial charge is 0.371 e. The number of nitrogens with zero attached hydrogens (tertiary/aromatic N) is 2. The molecule has 0 amide bonds. The van der Waals surface area contributed by atoms with Gasteiger partial charge >= 0.3 is 0 Å². The van der Waals surface area contributed by atoms with Gasteiger partial charge in [0.15, 0.2) is 0 Å². The van der Waals surface area contributed by atoms with E-state index < -0.39 is 0 Å². The van der Waals surface area contributed by atoms with Crippen LogP contribution in [0.15, 0.2) is 16.7 Å². The van der Waals surface area contributed by atoms with Crippen LogP contribution in [-0.4, -0.2) is 35.6 Å². The third kappa shape index (κ3) is 3.34. The van der Waals surface area contributed by atoms with Crippen molar-refractivity contribution < 1.29 is 4.74 Å². The summed E-state index contributed by atoms with van der Waals surface area (Å²) in [5.41, 5.74) is 0. The predicted octanol–water partition coefficient (Wildman–Crippen LogP) is 3.49. The number of hydrogen-bond acceptors (Lipinski definition) is 3. The predicted molar refractivity (Wildman–Crippen MR) is 77.3 cm³/mol. The first kappa shape index (κ1) is 13.6. The van der Waals surface area contributed by atoms with E-state index in [4.69, 9.17) is 16.3 Å². The first-order valence-corrected chi connectivity index (χ1v) is 7.67. The van der Waals surface area contributed by atoms with Crippen LogP contribution in [0.4, 0.5) is 5.82 Å². The maximum absolute atomic E-state index is 5.90. The fraction of sp³-hybridized carbons (Fsp3) is 0.545. The molecule has 0 saturated carbocycles. The van der Waals surface area contributed by atoms with Crippen LogP contribution in [0, 0.1) is 0 Å². The van der Waals surface area contributed by atoms with E-state index in [9.17, 15) is 0 Å². The standard InChI is InChI=1S/C11H13Br2ClN2O/c1-7-5-16(6-9(3-12)17-7)11-10(13)2-8(14)4-15-11/h2,4,7,9H,3,5-6H2,1H3. The van der Waals surface area contributed by atoms with Gasteiger partial charge in [0.05, 0.1) is 21.7 Å². The third-order valence-corrected chi connectivity index (χ3v) is 4.10. The number of hydrogen-bond donors (Lipinski definition) is 0. The van der Waals surface area contributed by atoms with Crippen molar-refractivity contribution in [2.24, 2.45) is 0 Å². The average Bonchev–Trinajstić information content (AvgIpc) is 2.28. The lowest BCUT2D eigenvalue weighted by Crippen LogP contribution is -2.47. The monoisotopic (exact) mass is 382 g/mol. The second kappa shape index (κ2) is 5.87. The molecule has 0 bridgehead atoms. The third-order valence-electron chi connectivity index (χ3n) is 2.59. The van der Waals surface area contributed by atoms with Gasteiger partial charge in [-0.2, -0.15) is 0 Å². The smallest absolute Gasteiger partial charge is 0.143 e. The average molecular weight is 384 g/mol.